The van der Waals surface area contributed by atoms with Crippen molar-refractivity contribution in [2.24, 2.45) is 19.8 Å². The maximum atomic E-state index is 12.3. The van der Waals surface area contributed by atoms with Crippen molar-refractivity contribution in [3.63, 3.8) is 0 Å². The Morgan fingerprint density at radius 2 is 1.97 bits per heavy atom. The van der Waals surface area contributed by atoms with Gasteiger partial charge in [-0.15, -0.1) is 0 Å². The Morgan fingerprint density at radius 3 is 2.45 bits per heavy atom. The smallest absolute Gasteiger partial charge is 0.490 e. The average molecular weight is 489 g/mol. The number of hydrogen-bond donors (Lipinski definition) is 3. The van der Waals surface area contributed by atoms with E-state index in [-0.39, 0.29) is 5.91 Å². The summed E-state index contributed by atoms with van der Waals surface area (Å²) in [4.78, 5) is 25.3. The standard InChI is InChI=1S/C17H19ClN6O2.C2HF3O2/c1-23-9-14(20-10-23)17(25)22-11-3-4-15(26-6-5-19)12(7-11)16-13(18)8-21-24(16)2;3-2(4,5)1(6)7/h3-4,7-10H,5-6,19H2,1-2H3,(H,22,25);(H,6,7). The number of carbonyl (C=O) groups excluding carboxylic acids is 1. The Hall–Kier alpha value is -3.58. The van der Waals surface area contributed by atoms with Crippen molar-refractivity contribution < 1.29 is 32.6 Å². The van der Waals surface area contributed by atoms with E-state index in [4.69, 9.17) is 32.0 Å². The summed E-state index contributed by atoms with van der Waals surface area (Å²) >= 11 is 6.28. The number of aryl methyl sites for hydroxylation is 2. The number of nitrogens with zero attached hydrogens (tertiary/aromatic N) is 4. The summed E-state index contributed by atoms with van der Waals surface area (Å²) in [5.74, 6) is -2.45. The van der Waals surface area contributed by atoms with E-state index in [2.05, 4.69) is 15.4 Å². The van der Waals surface area contributed by atoms with E-state index in [0.717, 1.165) is 0 Å². The minimum absolute atomic E-state index is 0.303. The number of carboxylic acid groups (broad SMARTS) is 1. The van der Waals surface area contributed by atoms with Crippen LogP contribution < -0.4 is 15.8 Å². The molecule has 1 amide bonds. The van der Waals surface area contributed by atoms with Crippen molar-refractivity contribution in [2.75, 3.05) is 18.5 Å². The number of ether oxygens (including phenoxy) is 1. The number of anilines is 1. The van der Waals surface area contributed by atoms with Gasteiger partial charge >= 0.3 is 12.1 Å². The minimum Gasteiger partial charge on any atom is -0.492 e. The highest BCUT2D eigenvalue weighted by atomic mass is 35.5. The van der Waals surface area contributed by atoms with Gasteiger partial charge in [-0.1, -0.05) is 11.6 Å². The van der Waals surface area contributed by atoms with Gasteiger partial charge in [0.2, 0.25) is 0 Å². The number of benzene rings is 1. The van der Waals surface area contributed by atoms with Crippen molar-refractivity contribution in [1.82, 2.24) is 19.3 Å². The van der Waals surface area contributed by atoms with Gasteiger partial charge in [-0.05, 0) is 18.2 Å². The molecule has 0 bridgehead atoms. The number of amides is 1. The Labute approximate surface area is 190 Å². The maximum absolute atomic E-state index is 12.3. The zero-order chi connectivity index (χ0) is 24.8. The highest BCUT2D eigenvalue weighted by molar-refractivity contribution is 6.33. The number of aromatic nitrogens is 4. The average Bonchev–Trinajstić information content (AvgIpc) is 3.32. The summed E-state index contributed by atoms with van der Waals surface area (Å²) in [7, 11) is 3.59. The van der Waals surface area contributed by atoms with Crippen molar-refractivity contribution in [3.05, 3.63) is 47.6 Å². The maximum Gasteiger partial charge on any atom is 0.490 e. The Bertz CT molecular complexity index is 1110. The number of imidazole rings is 1. The second-order valence-electron chi connectivity index (χ2n) is 6.49. The predicted octanol–water partition coefficient (Wildman–Crippen LogP) is 2.70. The molecule has 14 heteroatoms. The molecule has 2 aromatic heterocycles. The molecule has 33 heavy (non-hydrogen) atoms. The van der Waals surface area contributed by atoms with Gasteiger partial charge in [0.25, 0.3) is 5.91 Å². The molecule has 0 aliphatic carbocycles. The molecule has 0 radical (unpaired) electrons. The number of halogens is 4. The molecule has 3 aromatic rings. The van der Waals surface area contributed by atoms with Gasteiger partial charge in [0, 0.05) is 38.1 Å². The number of nitrogens with two attached hydrogens (primary N) is 1. The molecular weight excluding hydrogens is 469 g/mol. The van der Waals surface area contributed by atoms with Crippen molar-refractivity contribution in [3.8, 4) is 17.0 Å². The van der Waals surface area contributed by atoms with Crippen LogP contribution in [0.4, 0.5) is 18.9 Å². The predicted molar refractivity (Wildman–Crippen MR) is 113 cm³/mol. The van der Waals surface area contributed by atoms with Crippen LogP contribution in [0.3, 0.4) is 0 Å². The summed E-state index contributed by atoms with van der Waals surface area (Å²) in [5, 5.41) is 14.6. The van der Waals surface area contributed by atoms with Crippen molar-refractivity contribution in [2.45, 2.75) is 6.18 Å². The Morgan fingerprint density at radius 1 is 1.30 bits per heavy atom. The van der Waals surface area contributed by atoms with Gasteiger partial charge in [0.05, 0.1) is 23.2 Å². The lowest BCUT2D eigenvalue weighted by molar-refractivity contribution is -0.192. The van der Waals surface area contributed by atoms with Crippen LogP contribution in [0.25, 0.3) is 11.3 Å². The molecule has 0 aliphatic heterocycles. The van der Waals surface area contributed by atoms with Crippen LogP contribution >= 0.6 is 11.6 Å². The molecule has 0 spiro atoms. The van der Waals surface area contributed by atoms with Crippen LogP contribution in [-0.2, 0) is 18.9 Å². The van der Waals surface area contributed by atoms with Crippen molar-refractivity contribution >= 4 is 29.2 Å². The largest absolute Gasteiger partial charge is 0.492 e. The molecule has 3 rings (SSSR count). The molecular formula is C19H20ClF3N6O4. The molecule has 178 valence electrons. The lowest BCUT2D eigenvalue weighted by atomic mass is 10.1. The van der Waals surface area contributed by atoms with Gasteiger partial charge in [0.15, 0.2) is 0 Å². The second-order valence-corrected chi connectivity index (χ2v) is 6.90. The molecule has 0 aliphatic rings. The fraction of sp³-hybridized carbons (Fsp3) is 0.263. The molecule has 10 nitrogen and oxygen atoms in total. The third-order valence-corrected chi connectivity index (χ3v) is 4.22. The highest BCUT2D eigenvalue weighted by Crippen LogP contribution is 2.36. The summed E-state index contributed by atoms with van der Waals surface area (Å²) in [6, 6.07) is 5.30. The Balaban J connectivity index is 0.000000479. The first kappa shape index (κ1) is 25.7. The number of nitrogens with one attached hydrogen (secondary N) is 1. The zero-order valence-corrected chi connectivity index (χ0v) is 18.2. The van der Waals surface area contributed by atoms with Gasteiger partial charge in [-0.25, -0.2) is 9.78 Å². The van der Waals surface area contributed by atoms with E-state index in [0.29, 0.717) is 46.6 Å². The quantitative estimate of drug-likeness (QED) is 0.485. The number of alkyl halides is 3. The minimum atomic E-state index is -5.08. The summed E-state index contributed by atoms with van der Waals surface area (Å²) < 4.78 is 40.8. The third-order valence-electron chi connectivity index (χ3n) is 3.94. The molecule has 0 unspecified atom stereocenters. The lowest BCUT2D eigenvalue weighted by Gasteiger charge is -2.14. The van der Waals surface area contributed by atoms with E-state index in [9.17, 15) is 18.0 Å². The number of carbonyl (C=O) groups is 2. The normalized spacial score (nSPS) is 10.9. The van der Waals surface area contributed by atoms with E-state index < -0.39 is 12.1 Å². The van der Waals surface area contributed by atoms with Crippen LogP contribution in [0.2, 0.25) is 5.02 Å². The van der Waals surface area contributed by atoms with Crippen LogP contribution in [0.15, 0.2) is 36.9 Å². The first-order valence-electron chi connectivity index (χ1n) is 9.18. The molecule has 0 fully saturated rings. The van der Waals surface area contributed by atoms with Gasteiger partial charge in [0.1, 0.15) is 18.1 Å². The number of hydrogen-bond acceptors (Lipinski definition) is 6. The van der Waals surface area contributed by atoms with Gasteiger partial charge < -0.3 is 25.5 Å². The highest BCUT2D eigenvalue weighted by Gasteiger charge is 2.38. The van der Waals surface area contributed by atoms with E-state index in [1.165, 1.54) is 0 Å². The molecule has 0 atom stereocenters. The van der Waals surface area contributed by atoms with Crippen LogP contribution in [0, 0.1) is 0 Å². The molecule has 4 N–H and O–H groups in total. The number of carboxylic acids is 1. The first-order chi connectivity index (χ1) is 15.4. The Kier molecular flexibility index (Phi) is 8.43. The summed E-state index contributed by atoms with van der Waals surface area (Å²) in [6.45, 7) is 0.749. The summed E-state index contributed by atoms with van der Waals surface area (Å²) in [5.41, 5.74) is 7.85. The van der Waals surface area contributed by atoms with E-state index >= 15 is 0 Å². The van der Waals surface area contributed by atoms with E-state index in [1.54, 1.807) is 60.3 Å². The van der Waals surface area contributed by atoms with E-state index in [1.807, 2.05) is 0 Å². The number of aliphatic carboxylic acids is 1. The SMILES string of the molecule is Cn1cnc(C(=O)Nc2ccc(OCCN)c(-c3c(Cl)cnn3C)c2)c1.O=C(O)C(F)(F)F. The van der Waals surface area contributed by atoms with Gasteiger partial charge in [-0.3, -0.25) is 9.48 Å². The van der Waals surface area contributed by atoms with Crippen molar-refractivity contribution in [1.29, 1.82) is 0 Å². The lowest BCUT2D eigenvalue weighted by Crippen LogP contribution is -2.21. The zero-order valence-electron chi connectivity index (χ0n) is 17.4. The first-order valence-corrected chi connectivity index (χ1v) is 9.56. The molecule has 2 heterocycles. The molecule has 0 saturated carbocycles. The number of rotatable bonds is 6. The third kappa shape index (κ3) is 6.95. The van der Waals surface area contributed by atoms with Crippen LogP contribution in [0.1, 0.15) is 10.5 Å². The fourth-order valence-corrected chi connectivity index (χ4v) is 2.79. The summed E-state index contributed by atoms with van der Waals surface area (Å²) in [6.07, 6.45) is -0.310. The molecule has 0 saturated heterocycles. The fourth-order valence-electron chi connectivity index (χ4n) is 2.53. The van der Waals surface area contributed by atoms with Crippen LogP contribution in [0.5, 0.6) is 5.75 Å². The van der Waals surface area contributed by atoms with Crippen LogP contribution in [-0.4, -0.2) is 55.6 Å². The topological polar surface area (TPSA) is 137 Å². The second kappa shape index (κ2) is 10.8. The van der Waals surface area contributed by atoms with Gasteiger partial charge in [-0.2, -0.15) is 18.3 Å². The monoisotopic (exact) mass is 488 g/mol. The molecule has 1 aromatic carbocycles.